The first-order valence-electron chi connectivity index (χ1n) is 13.1. The van der Waals surface area contributed by atoms with Crippen molar-refractivity contribution >= 4 is 38.2 Å². The quantitative estimate of drug-likeness (QED) is 0.284. The standard InChI is InChI=1S/C27H54O3Si4/c1-24(2,28-33(14)22-21-27(33,7)30-32(11,12)13)25(3,4)34(15,23-19-17-16-18-20-23)29-26(5,6)31(8,9)10/h16-20H,21-22H2,1-15H3. The van der Waals surface area contributed by atoms with Crippen LogP contribution in [0.2, 0.25) is 63.5 Å². The van der Waals surface area contributed by atoms with E-state index >= 15 is 0 Å². The highest BCUT2D eigenvalue weighted by molar-refractivity contribution is 6.90. The highest BCUT2D eigenvalue weighted by Gasteiger charge is 2.65. The van der Waals surface area contributed by atoms with Crippen LogP contribution >= 0.6 is 0 Å². The lowest BCUT2D eigenvalue weighted by atomic mass is 9.93. The zero-order valence-corrected chi connectivity index (χ0v) is 29.0. The molecule has 0 saturated carbocycles. The van der Waals surface area contributed by atoms with Crippen molar-refractivity contribution in [2.75, 3.05) is 0 Å². The summed E-state index contributed by atoms with van der Waals surface area (Å²) in [7, 11) is -7.87. The van der Waals surface area contributed by atoms with Crippen molar-refractivity contribution < 1.29 is 13.3 Å². The molecule has 0 bridgehead atoms. The summed E-state index contributed by atoms with van der Waals surface area (Å²) in [4.78, 5) is 0. The van der Waals surface area contributed by atoms with Gasteiger partial charge in [0.1, 0.15) is 0 Å². The summed E-state index contributed by atoms with van der Waals surface area (Å²) in [6.45, 7) is 35.4. The van der Waals surface area contributed by atoms with Crippen molar-refractivity contribution in [1.82, 2.24) is 0 Å². The Hall–Kier alpha value is -0.0325. The number of hydrogen-bond acceptors (Lipinski definition) is 3. The Morgan fingerprint density at radius 1 is 0.853 bits per heavy atom. The van der Waals surface area contributed by atoms with Gasteiger partial charge < -0.3 is 13.3 Å². The smallest absolute Gasteiger partial charge is 0.229 e. The lowest BCUT2D eigenvalue weighted by Crippen LogP contribution is -2.74. The van der Waals surface area contributed by atoms with Gasteiger partial charge in [0, 0.05) is 10.3 Å². The molecule has 0 aliphatic carbocycles. The molecule has 1 aliphatic heterocycles. The molecule has 1 aromatic rings. The first kappa shape index (κ1) is 30.2. The van der Waals surface area contributed by atoms with Crippen LogP contribution in [0.25, 0.3) is 0 Å². The molecule has 1 heterocycles. The fraction of sp³-hybridized carbons (Fsp3) is 0.778. The van der Waals surface area contributed by atoms with Crippen LogP contribution in [-0.2, 0) is 13.3 Å². The van der Waals surface area contributed by atoms with E-state index in [0.29, 0.717) is 0 Å². The van der Waals surface area contributed by atoms with Gasteiger partial charge in [-0.05, 0) is 85.0 Å². The maximum atomic E-state index is 7.44. The fourth-order valence-electron chi connectivity index (χ4n) is 5.05. The van der Waals surface area contributed by atoms with Crippen LogP contribution in [0.5, 0.6) is 0 Å². The van der Waals surface area contributed by atoms with E-state index in [1.807, 2.05) is 0 Å². The van der Waals surface area contributed by atoms with E-state index in [2.05, 4.69) is 131 Å². The second-order valence-electron chi connectivity index (χ2n) is 14.7. The van der Waals surface area contributed by atoms with E-state index in [1.165, 1.54) is 11.2 Å². The highest BCUT2D eigenvalue weighted by Crippen LogP contribution is 2.56. The Morgan fingerprint density at radius 3 is 1.74 bits per heavy atom. The molecule has 0 radical (unpaired) electrons. The monoisotopic (exact) mass is 538 g/mol. The summed E-state index contributed by atoms with van der Waals surface area (Å²) in [6.07, 6.45) is 1.11. The molecule has 1 aromatic carbocycles. The molecular weight excluding hydrogens is 485 g/mol. The third-order valence-electron chi connectivity index (χ3n) is 9.50. The highest BCUT2D eigenvalue weighted by atomic mass is 28.4. The van der Waals surface area contributed by atoms with Gasteiger partial charge in [0.15, 0.2) is 8.32 Å². The lowest BCUT2D eigenvalue weighted by Gasteiger charge is -2.62. The molecule has 1 saturated heterocycles. The lowest BCUT2D eigenvalue weighted by molar-refractivity contribution is -0.00450. The van der Waals surface area contributed by atoms with Gasteiger partial charge in [0.25, 0.3) is 0 Å². The molecule has 3 unspecified atom stereocenters. The van der Waals surface area contributed by atoms with Crippen LogP contribution in [0.15, 0.2) is 30.3 Å². The van der Waals surface area contributed by atoms with Gasteiger partial charge in [-0.15, -0.1) is 0 Å². The van der Waals surface area contributed by atoms with Crippen LogP contribution < -0.4 is 5.19 Å². The zero-order valence-electron chi connectivity index (χ0n) is 25.0. The minimum absolute atomic E-state index is 0.103. The van der Waals surface area contributed by atoms with Crippen LogP contribution in [0.4, 0.5) is 0 Å². The maximum Gasteiger partial charge on any atom is 0.229 e. The zero-order chi connectivity index (χ0) is 26.6. The number of hydrogen-bond donors (Lipinski definition) is 0. The number of rotatable bonds is 10. The summed E-state index contributed by atoms with van der Waals surface area (Å²) in [5.41, 5.74) is -0.356. The van der Waals surface area contributed by atoms with E-state index in [4.69, 9.17) is 13.3 Å². The topological polar surface area (TPSA) is 27.7 Å². The van der Waals surface area contributed by atoms with Crippen molar-refractivity contribution in [3.63, 3.8) is 0 Å². The maximum absolute atomic E-state index is 7.44. The summed E-state index contributed by atoms with van der Waals surface area (Å²) < 4.78 is 21.6. The van der Waals surface area contributed by atoms with E-state index in [0.717, 1.165) is 6.42 Å². The minimum atomic E-state index is -2.52. The van der Waals surface area contributed by atoms with Gasteiger partial charge in [-0.2, -0.15) is 0 Å². The van der Waals surface area contributed by atoms with Crippen LogP contribution in [-0.4, -0.2) is 49.1 Å². The molecule has 34 heavy (non-hydrogen) atoms. The largest absolute Gasteiger partial charge is 0.412 e. The summed E-state index contributed by atoms with van der Waals surface area (Å²) >= 11 is 0. The Labute approximate surface area is 215 Å². The van der Waals surface area contributed by atoms with Gasteiger partial charge in [-0.1, -0.05) is 63.8 Å². The van der Waals surface area contributed by atoms with Gasteiger partial charge in [0.05, 0.1) is 18.9 Å². The predicted octanol–water partition coefficient (Wildman–Crippen LogP) is 7.85. The van der Waals surface area contributed by atoms with Crippen molar-refractivity contribution in [3.8, 4) is 0 Å². The summed E-state index contributed by atoms with van der Waals surface area (Å²) in [6, 6.07) is 12.2. The summed E-state index contributed by atoms with van der Waals surface area (Å²) in [5, 5.41) is 0.923. The molecule has 3 atom stereocenters. The van der Waals surface area contributed by atoms with Crippen molar-refractivity contribution in [3.05, 3.63) is 30.3 Å². The van der Waals surface area contributed by atoms with E-state index in [9.17, 15) is 0 Å². The first-order chi connectivity index (χ1) is 14.9. The molecule has 0 amide bonds. The molecule has 1 aliphatic rings. The first-order valence-corrected chi connectivity index (χ1v) is 25.0. The third kappa shape index (κ3) is 5.45. The van der Waals surface area contributed by atoms with Crippen LogP contribution in [0.1, 0.15) is 54.9 Å². The normalized spacial score (nSPS) is 26.7. The second kappa shape index (κ2) is 9.06. The molecular formula is C27H54O3Si4. The minimum Gasteiger partial charge on any atom is -0.412 e. The Balaban J connectivity index is 2.54. The number of benzene rings is 1. The van der Waals surface area contributed by atoms with Crippen molar-refractivity contribution in [2.45, 2.75) is 134 Å². The second-order valence-corrected chi connectivity index (χ2v) is 33.1. The molecule has 1 fully saturated rings. The van der Waals surface area contributed by atoms with Gasteiger partial charge >= 0.3 is 0 Å². The molecule has 3 nitrogen and oxygen atoms in total. The molecule has 0 spiro atoms. The molecule has 2 rings (SSSR count). The average Bonchev–Trinajstić information content (AvgIpc) is 2.64. The fourth-order valence-corrected chi connectivity index (χ4v) is 17.7. The molecule has 0 N–H and O–H groups in total. The third-order valence-corrected chi connectivity index (χ3v) is 24.8. The Bertz CT molecular complexity index is 857. The Morgan fingerprint density at radius 2 is 1.35 bits per heavy atom. The van der Waals surface area contributed by atoms with Crippen molar-refractivity contribution in [1.29, 1.82) is 0 Å². The van der Waals surface area contributed by atoms with Gasteiger partial charge in [0.2, 0.25) is 16.6 Å². The average molecular weight is 539 g/mol. The van der Waals surface area contributed by atoms with E-state index in [-0.39, 0.29) is 21.1 Å². The molecule has 196 valence electrons. The van der Waals surface area contributed by atoms with Gasteiger partial charge in [-0.25, -0.2) is 0 Å². The SMILES string of the molecule is CC(C)(O[Si]1(C)CCC1(C)O[Si](C)(C)C)C(C)(C)[Si](C)(OC(C)(C)[Si](C)(C)C)c1ccccc1. The summed E-state index contributed by atoms with van der Waals surface area (Å²) in [5.74, 6) is 0. The molecule has 7 heteroatoms. The Kier molecular flexibility index (Phi) is 8.05. The van der Waals surface area contributed by atoms with Crippen molar-refractivity contribution in [2.24, 2.45) is 0 Å². The van der Waals surface area contributed by atoms with Crippen LogP contribution in [0.3, 0.4) is 0 Å². The van der Waals surface area contributed by atoms with Crippen LogP contribution in [0, 0.1) is 0 Å². The predicted molar refractivity (Wildman–Crippen MR) is 159 cm³/mol. The van der Waals surface area contributed by atoms with E-state index in [1.54, 1.807) is 0 Å². The van der Waals surface area contributed by atoms with E-state index < -0.39 is 33.0 Å². The molecule has 0 aromatic heterocycles. The van der Waals surface area contributed by atoms with Gasteiger partial charge in [-0.3, -0.25) is 0 Å².